The molecule has 1 fully saturated rings. The van der Waals surface area contributed by atoms with Gasteiger partial charge in [-0.2, -0.15) is 0 Å². The van der Waals surface area contributed by atoms with E-state index in [1.807, 2.05) is 0 Å². The normalized spacial score (nSPS) is 15.8. The third kappa shape index (κ3) is 4.47. The van der Waals surface area contributed by atoms with Crippen LogP contribution in [0.1, 0.15) is 62.4 Å². The molecule has 1 heterocycles. The Bertz CT molecular complexity index is 412. The molecule has 0 saturated heterocycles. The fourth-order valence-corrected chi connectivity index (χ4v) is 2.45. The second kappa shape index (κ2) is 7.82. The van der Waals surface area contributed by atoms with Crippen molar-refractivity contribution >= 4 is 11.7 Å². The van der Waals surface area contributed by atoms with Gasteiger partial charge in [0.1, 0.15) is 11.5 Å². The van der Waals surface area contributed by atoms with E-state index >= 15 is 0 Å². The van der Waals surface area contributed by atoms with Crippen LogP contribution in [0.3, 0.4) is 0 Å². The van der Waals surface area contributed by atoms with Gasteiger partial charge in [-0.25, -0.2) is 9.97 Å². The summed E-state index contributed by atoms with van der Waals surface area (Å²) in [7, 11) is 0. The lowest BCUT2D eigenvalue weighted by molar-refractivity contribution is 0.0948. The molecule has 1 aliphatic carbocycles. The maximum Gasteiger partial charge on any atom is 0.271 e. The Morgan fingerprint density at radius 1 is 1.25 bits per heavy atom. The average molecular weight is 276 g/mol. The molecule has 5 heteroatoms. The molecule has 1 aromatic rings. The van der Waals surface area contributed by atoms with Crippen molar-refractivity contribution in [3.63, 3.8) is 0 Å². The molecule has 0 aliphatic heterocycles. The first kappa shape index (κ1) is 14.8. The average Bonchev–Trinajstić information content (AvgIpc) is 2.49. The lowest BCUT2D eigenvalue weighted by Crippen LogP contribution is -2.26. The first-order chi connectivity index (χ1) is 9.79. The van der Waals surface area contributed by atoms with Crippen molar-refractivity contribution < 1.29 is 4.79 Å². The zero-order valence-corrected chi connectivity index (χ0v) is 12.2. The number of rotatable bonds is 6. The lowest BCUT2D eigenvalue weighted by atomic mass is 9.96. The van der Waals surface area contributed by atoms with Crippen molar-refractivity contribution in [2.24, 2.45) is 0 Å². The molecule has 2 rings (SSSR count). The van der Waals surface area contributed by atoms with Gasteiger partial charge in [-0.3, -0.25) is 4.79 Å². The van der Waals surface area contributed by atoms with Gasteiger partial charge in [0, 0.05) is 12.6 Å². The van der Waals surface area contributed by atoms with Gasteiger partial charge < -0.3 is 10.6 Å². The number of hydrogen-bond donors (Lipinski definition) is 2. The number of unbranched alkanes of at least 4 members (excludes halogenated alkanes) is 1. The molecule has 110 valence electrons. The van der Waals surface area contributed by atoms with Crippen LogP contribution in [0.15, 0.2) is 12.4 Å². The summed E-state index contributed by atoms with van der Waals surface area (Å²) in [6, 6.07) is 0.502. The van der Waals surface area contributed by atoms with Gasteiger partial charge in [0.05, 0.1) is 12.4 Å². The Morgan fingerprint density at radius 3 is 2.70 bits per heavy atom. The van der Waals surface area contributed by atoms with Crippen LogP contribution in [-0.2, 0) is 0 Å². The van der Waals surface area contributed by atoms with Crippen LogP contribution in [0.5, 0.6) is 0 Å². The highest BCUT2D eigenvalue weighted by atomic mass is 16.1. The van der Waals surface area contributed by atoms with Crippen LogP contribution in [-0.4, -0.2) is 28.5 Å². The summed E-state index contributed by atoms with van der Waals surface area (Å²) >= 11 is 0. The molecule has 0 bridgehead atoms. The van der Waals surface area contributed by atoms with Crippen molar-refractivity contribution in [2.45, 2.75) is 57.9 Å². The molecule has 0 radical (unpaired) electrons. The Kier molecular flexibility index (Phi) is 5.77. The zero-order valence-electron chi connectivity index (χ0n) is 12.2. The second-order valence-electron chi connectivity index (χ2n) is 5.38. The lowest BCUT2D eigenvalue weighted by Gasteiger charge is -2.23. The second-order valence-corrected chi connectivity index (χ2v) is 5.38. The summed E-state index contributed by atoms with van der Waals surface area (Å²) in [5.41, 5.74) is 0.385. The predicted molar refractivity (Wildman–Crippen MR) is 79.8 cm³/mol. The van der Waals surface area contributed by atoms with Crippen molar-refractivity contribution in [2.75, 3.05) is 11.9 Å². The van der Waals surface area contributed by atoms with E-state index in [2.05, 4.69) is 27.5 Å². The summed E-state index contributed by atoms with van der Waals surface area (Å²) < 4.78 is 0. The highest BCUT2D eigenvalue weighted by Gasteiger charge is 2.14. The van der Waals surface area contributed by atoms with Crippen LogP contribution in [0.25, 0.3) is 0 Å². The van der Waals surface area contributed by atoms with Gasteiger partial charge in [0.25, 0.3) is 5.91 Å². The standard InChI is InChI=1S/C15H24N4O/c1-2-3-9-16-15(20)13-10-18-14(11-17-13)19-12-7-5-4-6-8-12/h10-12H,2-9H2,1H3,(H,16,20)(H,18,19). The number of nitrogens with zero attached hydrogens (tertiary/aromatic N) is 2. The zero-order chi connectivity index (χ0) is 14.2. The number of aromatic nitrogens is 2. The van der Waals surface area contributed by atoms with E-state index < -0.39 is 0 Å². The fraction of sp³-hybridized carbons (Fsp3) is 0.667. The van der Waals surface area contributed by atoms with E-state index in [1.54, 1.807) is 12.4 Å². The van der Waals surface area contributed by atoms with E-state index in [1.165, 1.54) is 32.1 Å². The van der Waals surface area contributed by atoms with E-state index in [4.69, 9.17) is 0 Å². The van der Waals surface area contributed by atoms with Crippen LogP contribution in [0, 0.1) is 0 Å². The number of hydrogen-bond acceptors (Lipinski definition) is 4. The monoisotopic (exact) mass is 276 g/mol. The molecule has 1 aliphatic rings. The Balaban J connectivity index is 1.83. The van der Waals surface area contributed by atoms with Gasteiger partial charge in [-0.05, 0) is 19.3 Å². The minimum Gasteiger partial charge on any atom is -0.366 e. The fourth-order valence-electron chi connectivity index (χ4n) is 2.45. The van der Waals surface area contributed by atoms with Gasteiger partial charge in [-0.1, -0.05) is 32.6 Å². The molecule has 5 nitrogen and oxygen atoms in total. The number of carbonyl (C=O) groups excluding carboxylic acids is 1. The third-order valence-electron chi connectivity index (χ3n) is 3.66. The van der Waals surface area contributed by atoms with Gasteiger partial charge >= 0.3 is 0 Å². The molecular weight excluding hydrogens is 252 g/mol. The molecule has 0 spiro atoms. The molecule has 20 heavy (non-hydrogen) atoms. The van der Waals surface area contributed by atoms with Crippen LogP contribution in [0.4, 0.5) is 5.82 Å². The predicted octanol–water partition coefficient (Wildman–Crippen LogP) is 2.75. The maximum absolute atomic E-state index is 11.8. The highest BCUT2D eigenvalue weighted by Crippen LogP contribution is 2.20. The van der Waals surface area contributed by atoms with Gasteiger partial charge in [-0.15, -0.1) is 0 Å². The number of anilines is 1. The van der Waals surface area contributed by atoms with Crippen LogP contribution >= 0.6 is 0 Å². The summed E-state index contributed by atoms with van der Waals surface area (Å²) in [5.74, 6) is 0.622. The van der Waals surface area contributed by atoms with Gasteiger partial charge in [0.15, 0.2) is 0 Å². The Labute approximate surface area is 120 Å². The SMILES string of the molecule is CCCCNC(=O)c1cnc(NC2CCCCC2)cn1. The molecule has 2 N–H and O–H groups in total. The van der Waals surface area contributed by atoms with Crippen LogP contribution < -0.4 is 10.6 Å². The summed E-state index contributed by atoms with van der Waals surface area (Å²) in [4.78, 5) is 20.3. The Hall–Kier alpha value is -1.65. The summed E-state index contributed by atoms with van der Waals surface area (Å²) in [6.07, 6.45) is 11.5. The Morgan fingerprint density at radius 2 is 2.05 bits per heavy atom. The third-order valence-corrected chi connectivity index (χ3v) is 3.66. The van der Waals surface area contributed by atoms with Crippen molar-refractivity contribution in [3.05, 3.63) is 18.1 Å². The number of nitrogens with one attached hydrogen (secondary N) is 2. The quantitative estimate of drug-likeness (QED) is 0.784. The molecule has 0 atom stereocenters. The highest BCUT2D eigenvalue weighted by molar-refractivity contribution is 5.91. The van der Waals surface area contributed by atoms with Crippen molar-refractivity contribution in [3.8, 4) is 0 Å². The van der Waals surface area contributed by atoms with E-state index in [-0.39, 0.29) is 5.91 Å². The molecule has 1 saturated carbocycles. The number of carbonyl (C=O) groups is 1. The molecule has 1 aromatic heterocycles. The van der Waals surface area contributed by atoms with E-state index in [9.17, 15) is 4.79 Å². The van der Waals surface area contributed by atoms with Crippen molar-refractivity contribution in [1.82, 2.24) is 15.3 Å². The first-order valence-electron chi connectivity index (χ1n) is 7.66. The molecule has 0 unspecified atom stereocenters. The minimum atomic E-state index is -0.143. The molecule has 0 aromatic carbocycles. The topological polar surface area (TPSA) is 66.9 Å². The minimum absolute atomic E-state index is 0.143. The van der Waals surface area contributed by atoms with Crippen molar-refractivity contribution in [1.29, 1.82) is 0 Å². The molecule has 1 amide bonds. The first-order valence-corrected chi connectivity index (χ1v) is 7.66. The summed E-state index contributed by atoms with van der Waals surface area (Å²) in [6.45, 7) is 2.79. The largest absolute Gasteiger partial charge is 0.366 e. The van der Waals surface area contributed by atoms with E-state index in [0.29, 0.717) is 18.3 Å². The number of amides is 1. The van der Waals surface area contributed by atoms with Gasteiger partial charge in [0.2, 0.25) is 0 Å². The smallest absolute Gasteiger partial charge is 0.271 e. The maximum atomic E-state index is 11.8. The van der Waals surface area contributed by atoms with Crippen LogP contribution in [0.2, 0.25) is 0 Å². The summed E-state index contributed by atoms with van der Waals surface area (Å²) in [5, 5.41) is 6.23. The van der Waals surface area contributed by atoms with E-state index in [0.717, 1.165) is 18.7 Å². The molecular formula is C15H24N4O.